The van der Waals surface area contributed by atoms with Gasteiger partial charge in [-0.1, -0.05) is 60.7 Å². The van der Waals surface area contributed by atoms with E-state index in [1.165, 1.54) is 0 Å². The summed E-state index contributed by atoms with van der Waals surface area (Å²) in [6, 6.07) is 34.2. The molecule has 33 heavy (non-hydrogen) atoms. The third-order valence-corrected chi connectivity index (χ3v) is 5.80. The third kappa shape index (κ3) is 3.60. The van der Waals surface area contributed by atoms with E-state index in [9.17, 15) is 5.11 Å². The summed E-state index contributed by atoms with van der Waals surface area (Å²) in [6.45, 7) is 0. The fourth-order valence-corrected chi connectivity index (χ4v) is 4.33. The second kappa shape index (κ2) is 8.59. The monoisotopic (exact) mass is 420 g/mol. The number of nitrogens with zero attached hydrogens (tertiary/aromatic N) is 2. The van der Waals surface area contributed by atoms with Crippen molar-refractivity contribution in [1.82, 2.24) is 9.55 Å². The van der Waals surface area contributed by atoms with Crippen LogP contribution in [0.4, 0.5) is 0 Å². The Hall–Kier alpha value is -3.84. The SMILES string of the molecule is [Li+].[O-]c1ccc(-c2cccc(-c3nc4ccccc4n3-c3ccccc3)c2)c2ccc[nH+]c12. The van der Waals surface area contributed by atoms with Gasteiger partial charge in [0.2, 0.25) is 5.52 Å². The van der Waals surface area contributed by atoms with Crippen molar-refractivity contribution in [2.75, 3.05) is 0 Å². The van der Waals surface area contributed by atoms with E-state index in [1.807, 2.05) is 60.7 Å². The van der Waals surface area contributed by atoms with Crippen LogP contribution in [-0.4, -0.2) is 9.55 Å². The molecule has 0 aliphatic heterocycles. The van der Waals surface area contributed by atoms with E-state index in [0.29, 0.717) is 5.52 Å². The van der Waals surface area contributed by atoms with Crippen LogP contribution in [0.2, 0.25) is 0 Å². The van der Waals surface area contributed by atoms with Gasteiger partial charge < -0.3 is 5.11 Å². The molecule has 6 aromatic rings. The molecule has 5 heteroatoms. The van der Waals surface area contributed by atoms with Crippen LogP contribution in [0.15, 0.2) is 109 Å². The van der Waals surface area contributed by atoms with Crippen LogP contribution >= 0.6 is 0 Å². The van der Waals surface area contributed by atoms with Crippen LogP contribution < -0.4 is 29.0 Å². The Labute approximate surface area is 203 Å². The summed E-state index contributed by atoms with van der Waals surface area (Å²) in [5, 5.41) is 13.2. The van der Waals surface area contributed by atoms with Gasteiger partial charge in [0.25, 0.3) is 0 Å². The first-order valence-corrected chi connectivity index (χ1v) is 10.5. The van der Waals surface area contributed by atoms with Gasteiger partial charge in [-0.05, 0) is 53.3 Å². The van der Waals surface area contributed by atoms with Gasteiger partial charge in [-0.25, -0.2) is 9.97 Å². The normalized spacial score (nSPS) is 10.9. The van der Waals surface area contributed by atoms with Crippen molar-refractivity contribution in [3.8, 4) is 34.0 Å². The zero-order valence-corrected chi connectivity index (χ0v) is 18.2. The summed E-state index contributed by atoms with van der Waals surface area (Å²) in [5.74, 6) is 0.877. The van der Waals surface area contributed by atoms with Crippen molar-refractivity contribution in [2.45, 2.75) is 0 Å². The molecule has 0 saturated carbocycles. The summed E-state index contributed by atoms with van der Waals surface area (Å²) >= 11 is 0. The number of hydrogen-bond acceptors (Lipinski definition) is 2. The number of aromatic nitrogens is 3. The molecule has 0 spiro atoms. The number of pyridine rings is 1. The van der Waals surface area contributed by atoms with Crippen molar-refractivity contribution >= 4 is 21.9 Å². The molecular weight excluding hydrogens is 401 g/mol. The number of benzene rings is 4. The second-order valence-electron chi connectivity index (χ2n) is 7.75. The van der Waals surface area contributed by atoms with Gasteiger partial charge in [-0.15, -0.1) is 0 Å². The fraction of sp³-hybridized carbons (Fsp3) is 0. The number of hydrogen-bond donors (Lipinski definition) is 0. The summed E-state index contributed by atoms with van der Waals surface area (Å²) in [4.78, 5) is 8.07. The molecule has 0 aliphatic rings. The zero-order chi connectivity index (χ0) is 21.5. The summed E-state index contributed by atoms with van der Waals surface area (Å²) in [5.41, 5.74) is 6.77. The molecule has 1 N–H and O–H groups in total. The third-order valence-electron chi connectivity index (χ3n) is 5.80. The minimum Gasteiger partial charge on any atom is -0.868 e. The Morgan fingerprint density at radius 3 is 2.39 bits per heavy atom. The minimum atomic E-state index is -0.00799. The maximum atomic E-state index is 12.3. The molecule has 0 saturated heterocycles. The summed E-state index contributed by atoms with van der Waals surface area (Å²) < 4.78 is 2.20. The van der Waals surface area contributed by atoms with E-state index in [-0.39, 0.29) is 24.6 Å². The zero-order valence-electron chi connectivity index (χ0n) is 18.2. The number of fused-ring (bicyclic) bond motifs is 2. The van der Waals surface area contributed by atoms with Crippen molar-refractivity contribution in [1.29, 1.82) is 0 Å². The van der Waals surface area contributed by atoms with Gasteiger partial charge in [0, 0.05) is 17.3 Å². The first-order chi connectivity index (χ1) is 15.8. The number of nitrogens with one attached hydrogen (secondary N) is 1. The van der Waals surface area contributed by atoms with Crippen LogP contribution in [0.3, 0.4) is 0 Å². The van der Waals surface area contributed by atoms with E-state index >= 15 is 0 Å². The average molecular weight is 420 g/mol. The van der Waals surface area contributed by atoms with Crippen molar-refractivity contribution in [2.24, 2.45) is 0 Å². The molecule has 4 aromatic carbocycles. The smallest absolute Gasteiger partial charge is 0.868 e. The van der Waals surface area contributed by atoms with Crippen molar-refractivity contribution in [3.63, 3.8) is 0 Å². The van der Waals surface area contributed by atoms with Gasteiger partial charge in [0.05, 0.1) is 16.4 Å². The Morgan fingerprint density at radius 1 is 0.727 bits per heavy atom. The quantitative estimate of drug-likeness (QED) is 0.413. The van der Waals surface area contributed by atoms with Crippen LogP contribution in [0, 0.1) is 0 Å². The standard InChI is InChI=1S/C28H19N3O.Li/c32-26-16-15-22(23-12-7-17-29-27(23)26)19-8-6-9-20(18-19)28-30-24-13-4-5-14-25(24)31(28)21-10-2-1-3-11-21;/h1-18,32H;/q;+1. The molecule has 152 valence electrons. The predicted octanol–water partition coefficient (Wildman–Crippen LogP) is 2.40. The Balaban J connectivity index is 0.00000228. The number of H-pyrrole nitrogens is 1. The number of para-hydroxylation sites is 3. The van der Waals surface area contributed by atoms with E-state index in [2.05, 4.69) is 45.9 Å². The van der Waals surface area contributed by atoms with Gasteiger partial charge >= 0.3 is 18.9 Å². The molecule has 0 atom stereocenters. The molecule has 0 bridgehead atoms. The van der Waals surface area contributed by atoms with E-state index in [1.54, 1.807) is 12.3 Å². The second-order valence-corrected chi connectivity index (χ2v) is 7.75. The first kappa shape index (κ1) is 21.0. The molecule has 0 amide bonds. The average Bonchev–Trinajstić information content (AvgIpc) is 3.25. The summed E-state index contributed by atoms with van der Waals surface area (Å²) in [7, 11) is 0. The van der Waals surface area contributed by atoms with Crippen LogP contribution in [-0.2, 0) is 0 Å². The Bertz CT molecular complexity index is 1590. The van der Waals surface area contributed by atoms with Crippen LogP contribution in [0.5, 0.6) is 5.75 Å². The molecule has 4 nitrogen and oxygen atoms in total. The van der Waals surface area contributed by atoms with Crippen molar-refractivity contribution in [3.05, 3.63) is 109 Å². The van der Waals surface area contributed by atoms with Gasteiger partial charge in [0.1, 0.15) is 5.82 Å². The van der Waals surface area contributed by atoms with E-state index in [0.717, 1.165) is 44.6 Å². The Morgan fingerprint density at radius 2 is 1.52 bits per heavy atom. The largest absolute Gasteiger partial charge is 1.00 e. The molecule has 2 aromatic heterocycles. The molecule has 0 unspecified atom stereocenters. The maximum Gasteiger partial charge on any atom is 1.00 e. The number of rotatable bonds is 3. The topological polar surface area (TPSA) is 55.0 Å². The summed E-state index contributed by atoms with van der Waals surface area (Å²) in [6.07, 6.45) is 1.78. The number of aromatic amines is 1. The van der Waals surface area contributed by atoms with Crippen LogP contribution in [0.1, 0.15) is 0 Å². The molecular formula is C28H19LiN3O+. The van der Waals surface area contributed by atoms with Gasteiger partial charge in [-0.3, -0.25) is 4.57 Å². The predicted molar refractivity (Wildman–Crippen MR) is 125 cm³/mol. The van der Waals surface area contributed by atoms with Crippen LogP contribution in [0.25, 0.3) is 50.1 Å². The Kier molecular flexibility index (Phi) is 5.48. The fourth-order valence-electron chi connectivity index (χ4n) is 4.33. The molecule has 0 radical (unpaired) electrons. The van der Waals surface area contributed by atoms with Crippen molar-refractivity contribution < 1.29 is 29.0 Å². The maximum absolute atomic E-state index is 12.3. The van der Waals surface area contributed by atoms with Gasteiger partial charge in [0.15, 0.2) is 6.20 Å². The van der Waals surface area contributed by atoms with E-state index in [4.69, 9.17) is 4.98 Å². The molecule has 0 aliphatic carbocycles. The minimum absolute atomic E-state index is 0. The van der Waals surface area contributed by atoms with E-state index < -0.39 is 0 Å². The first-order valence-electron chi connectivity index (χ1n) is 10.5. The molecule has 0 fully saturated rings. The number of imidazole rings is 1. The van der Waals surface area contributed by atoms with Gasteiger partial charge in [-0.2, -0.15) is 0 Å². The molecule has 2 heterocycles. The molecule has 6 rings (SSSR count).